The molecule has 3 aromatic rings. The zero-order valence-corrected chi connectivity index (χ0v) is 29.9. The number of carbonyl (C=O) groups excluding carboxylic acids is 5. The zero-order chi connectivity index (χ0) is 38.3. The van der Waals surface area contributed by atoms with E-state index in [4.69, 9.17) is 15.2 Å². The molecule has 1 unspecified atom stereocenters. The van der Waals surface area contributed by atoms with Crippen LogP contribution in [0.15, 0.2) is 30.5 Å². The van der Waals surface area contributed by atoms with E-state index in [-0.39, 0.29) is 66.1 Å². The van der Waals surface area contributed by atoms with E-state index in [0.29, 0.717) is 48.0 Å². The number of likely N-dealkylation sites (tertiary alicyclic amines) is 1. The molecule has 3 saturated heterocycles. The van der Waals surface area contributed by atoms with Crippen LogP contribution in [0.5, 0.6) is 11.6 Å². The van der Waals surface area contributed by atoms with Crippen molar-refractivity contribution in [3.8, 4) is 23.5 Å². The summed E-state index contributed by atoms with van der Waals surface area (Å²) in [4.78, 5) is 69.3. The van der Waals surface area contributed by atoms with Gasteiger partial charge in [-0.2, -0.15) is 0 Å². The number of hydrogen-bond donors (Lipinski definition) is 3. The number of primary amides is 1. The van der Waals surface area contributed by atoms with Gasteiger partial charge >= 0.3 is 0 Å². The summed E-state index contributed by atoms with van der Waals surface area (Å²) in [5.74, 6) is 3.34. The van der Waals surface area contributed by atoms with Crippen molar-refractivity contribution in [3.05, 3.63) is 64.1 Å². The second-order valence-electron chi connectivity index (χ2n) is 14.1. The Morgan fingerprint density at radius 2 is 1.87 bits per heavy atom. The van der Waals surface area contributed by atoms with Gasteiger partial charge in [0.1, 0.15) is 24.2 Å². The van der Waals surface area contributed by atoms with Crippen LogP contribution in [0, 0.1) is 29.5 Å². The molecule has 0 aliphatic carbocycles. The van der Waals surface area contributed by atoms with Gasteiger partial charge in [0, 0.05) is 58.5 Å². The molecule has 4 aliphatic rings. The molecule has 13 nitrogen and oxygen atoms in total. The van der Waals surface area contributed by atoms with E-state index in [1.807, 2.05) is 6.92 Å². The highest BCUT2D eigenvalue weighted by Crippen LogP contribution is 2.35. The predicted octanol–water partition coefficient (Wildman–Crippen LogP) is 2.75. The molecule has 0 bridgehead atoms. The summed E-state index contributed by atoms with van der Waals surface area (Å²) in [5.41, 5.74) is 7.32. The highest BCUT2D eigenvalue weighted by molar-refractivity contribution is 6.05. The van der Waals surface area contributed by atoms with Crippen LogP contribution in [0.3, 0.4) is 0 Å². The van der Waals surface area contributed by atoms with Gasteiger partial charge in [-0.25, -0.2) is 13.8 Å². The smallest absolute Gasteiger partial charge is 0.255 e. The summed E-state index contributed by atoms with van der Waals surface area (Å²) in [6.07, 6.45) is 2.15. The maximum atomic E-state index is 15.8. The number of imide groups is 1. The number of nitrogens with one attached hydrogen (secondary N) is 2. The lowest BCUT2D eigenvalue weighted by Crippen LogP contribution is -2.52. The average Bonchev–Trinajstić information content (AvgIpc) is 3.64. The SMILES string of the molecule is CC[C@@H]1[C@H](F)C(=O)N[C@@H]1COc1ncc(C#CC2CCN(Cc3ccc4c(c3F)CN(C3CCC(=O)NC3=O)C4=O)CC2)c2cc(C(N)=O)c(OC)cc12. The lowest BCUT2D eigenvalue weighted by atomic mass is 9.95. The van der Waals surface area contributed by atoms with Crippen molar-refractivity contribution in [1.29, 1.82) is 0 Å². The number of rotatable bonds is 9. The maximum absolute atomic E-state index is 15.8. The number of nitrogens with two attached hydrogens (primary N) is 1. The van der Waals surface area contributed by atoms with Gasteiger partial charge in [-0.3, -0.25) is 34.2 Å². The Hall–Kier alpha value is -5.62. The number of fused-ring (bicyclic) bond motifs is 2. The van der Waals surface area contributed by atoms with Crippen molar-refractivity contribution in [1.82, 2.24) is 25.4 Å². The van der Waals surface area contributed by atoms with Crippen molar-refractivity contribution in [2.75, 3.05) is 26.8 Å². The molecule has 4 aliphatic heterocycles. The predicted molar refractivity (Wildman–Crippen MR) is 190 cm³/mol. The lowest BCUT2D eigenvalue weighted by molar-refractivity contribution is -0.137. The molecule has 0 spiro atoms. The fourth-order valence-corrected chi connectivity index (χ4v) is 7.84. The van der Waals surface area contributed by atoms with E-state index in [2.05, 4.69) is 32.4 Å². The van der Waals surface area contributed by atoms with Crippen LogP contribution >= 0.6 is 0 Å². The maximum Gasteiger partial charge on any atom is 0.255 e. The highest BCUT2D eigenvalue weighted by atomic mass is 19.1. The first-order valence-electron chi connectivity index (χ1n) is 18.0. The molecule has 0 saturated carbocycles. The first-order valence-corrected chi connectivity index (χ1v) is 18.0. The van der Waals surface area contributed by atoms with E-state index in [0.717, 1.165) is 12.8 Å². The fraction of sp³-hybridized carbons (Fsp3) is 0.436. The van der Waals surface area contributed by atoms with Crippen molar-refractivity contribution in [2.24, 2.45) is 17.6 Å². The number of piperidine rings is 2. The van der Waals surface area contributed by atoms with Crippen LogP contribution < -0.4 is 25.8 Å². The molecule has 1 aromatic heterocycles. The Morgan fingerprint density at radius 3 is 2.57 bits per heavy atom. The topological polar surface area (TPSA) is 173 Å². The summed E-state index contributed by atoms with van der Waals surface area (Å²) in [6, 6.07) is 5.07. The van der Waals surface area contributed by atoms with Crippen molar-refractivity contribution < 1.29 is 42.2 Å². The highest BCUT2D eigenvalue weighted by Gasteiger charge is 2.42. The summed E-state index contributed by atoms with van der Waals surface area (Å²) in [5, 5.41) is 5.98. The van der Waals surface area contributed by atoms with Gasteiger partial charge in [-0.05, 0) is 57.0 Å². The summed E-state index contributed by atoms with van der Waals surface area (Å²) in [7, 11) is 1.41. The van der Waals surface area contributed by atoms with Crippen molar-refractivity contribution in [2.45, 2.75) is 70.4 Å². The van der Waals surface area contributed by atoms with Crippen LogP contribution in [0.25, 0.3) is 10.8 Å². The number of alkyl halides is 1. The summed E-state index contributed by atoms with van der Waals surface area (Å²) < 4.78 is 41.6. The minimum absolute atomic E-state index is 0.00939. The molecule has 0 radical (unpaired) electrons. The number of nitrogens with zero attached hydrogens (tertiary/aromatic N) is 3. The number of aromatic nitrogens is 1. The molecule has 4 N–H and O–H groups in total. The average molecular weight is 743 g/mol. The zero-order valence-electron chi connectivity index (χ0n) is 29.9. The Balaban J connectivity index is 1.04. The molecule has 15 heteroatoms. The van der Waals surface area contributed by atoms with Gasteiger partial charge in [0.25, 0.3) is 17.7 Å². The molecule has 3 fully saturated rings. The van der Waals surface area contributed by atoms with Gasteiger partial charge in [0.05, 0.1) is 30.8 Å². The van der Waals surface area contributed by atoms with E-state index in [1.54, 1.807) is 30.5 Å². The molecule has 7 rings (SSSR count). The molecule has 282 valence electrons. The number of halogens is 2. The quantitative estimate of drug-likeness (QED) is 0.220. The van der Waals surface area contributed by atoms with E-state index in [1.165, 1.54) is 12.0 Å². The van der Waals surface area contributed by atoms with Crippen LogP contribution in [-0.2, 0) is 27.5 Å². The largest absolute Gasteiger partial charge is 0.496 e. The van der Waals surface area contributed by atoms with Gasteiger partial charge in [0.15, 0.2) is 6.17 Å². The Labute approximate surface area is 309 Å². The lowest BCUT2D eigenvalue weighted by Gasteiger charge is -2.30. The van der Waals surface area contributed by atoms with Gasteiger partial charge in [-0.15, -0.1) is 0 Å². The second-order valence-corrected chi connectivity index (χ2v) is 14.1. The van der Waals surface area contributed by atoms with Gasteiger partial charge in [-0.1, -0.05) is 24.8 Å². The minimum atomic E-state index is -1.61. The number of methoxy groups -OCH3 is 1. The van der Waals surface area contributed by atoms with Crippen molar-refractivity contribution in [3.63, 3.8) is 0 Å². The van der Waals surface area contributed by atoms with Crippen molar-refractivity contribution >= 4 is 40.3 Å². The van der Waals surface area contributed by atoms with Gasteiger partial charge < -0.3 is 25.4 Å². The first-order chi connectivity index (χ1) is 26.0. The van der Waals surface area contributed by atoms with E-state index >= 15 is 4.39 Å². The molecular formula is C39H40F2N6O7. The van der Waals surface area contributed by atoms with E-state index < -0.39 is 53.6 Å². The standard InChI is InChI=1S/C39H40F2N6O7/c1-3-23-29(44-37(51)34(23)41)19-54-38-26-15-31(53-2)27(35(42)49)14-25(26)21(16-43-38)5-4-20-10-12-46(13-11-20)17-22-6-7-24-28(33(22)40)18-47(39(24)52)30-8-9-32(48)45-36(30)50/h6-7,14-16,20,23,29-30,34H,3,8-13,17-19H2,1-2H3,(H2,42,49)(H,44,51)(H,45,48,50)/t23-,29+,30?,34-/m0/s1. The van der Waals surface area contributed by atoms with Crippen LogP contribution in [0.1, 0.15) is 76.4 Å². The number of amides is 5. The molecule has 54 heavy (non-hydrogen) atoms. The first kappa shape index (κ1) is 36.7. The number of ether oxygens (including phenoxy) is 2. The van der Waals surface area contributed by atoms with Crippen LogP contribution in [0.2, 0.25) is 0 Å². The minimum Gasteiger partial charge on any atom is -0.496 e. The Kier molecular flexibility index (Phi) is 10.2. The Bertz CT molecular complexity index is 2130. The monoisotopic (exact) mass is 742 g/mol. The third kappa shape index (κ3) is 6.93. The van der Waals surface area contributed by atoms with Crippen LogP contribution in [0.4, 0.5) is 8.78 Å². The summed E-state index contributed by atoms with van der Waals surface area (Å²) >= 11 is 0. The number of carbonyl (C=O) groups is 5. The molecular weight excluding hydrogens is 702 g/mol. The number of hydrogen-bond acceptors (Lipinski definition) is 9. The van der Waals surface area contributed by atoms with Crippen LogP contribution in [-0.4, -0.2) is 89.4 Å². The normalized spacial score (nSPS) is 23.1. The second kappa shape index (κ2) is 15.0. The van der Waals surface area contributed by atoms with E-state index in [9.17, 15) is 28.4 Å². The van der Waals surface area contributed by atoms with Gasteiger partial charge in [0.2, 0.25) is 17.7 Å². The molecule has 5 amide bonds. The molecule has 5 heterocycles. The fourth-order valence-electron chi connectivity index (χ4n) is 7.84. The molecule has 2 aromatic carbocycles. The third-order valence-corrected chi connectivity index (χ3v) is 10.9. The molecule has 4 atom stereocenters. The third-order valence-electron chi connectivity index (χ3n) is 10.9. The number of benzene rings is 2. The number of pyridine rings is 1. The summed E-state index contributed by atoms with van der Waals surface area (Å²) in [6.45, 7) is 3.43. The Morgan fingerprint density at radius 1 is 1.09 bits per heavy atom.